The molecule has 0 bridgehead atoms. The molecule has 3 aromatic carbocycles. The summed E-state index contributed by atoms with van der Waals surface area (Å²) in [5.41, 5.74) is 2.38. The largest absolute Gasteiger partial charge is 0.368 e. The Labute approximate surface area is 209 Å². The first-order valence-corrected chi connectivity index (χ1v) is 12.1. The van der Waals surface area contributed by atoms with Gasteiger partial charge in [0.05, 0.1) is 0 Å². The van der Waals surface area contributed by atoms with Crippen LogP contribution in [0.1, 0.15) is 24.2 Å². The van der Waals surface area contributed by atoms with Crippen LogP contribution in [-0.2, 0) is 4.79 Å². The third-order valence-corrected chi connectivity index (χ3v) is 6.45. The first-order chi connectivity index (χ1) is 16.3. The fourth-order valence-electron chi connectivity index (χ4n) is 4.11. The molecule has 1 aliphatic rings. The quantitative estimate of drug-likeness (QED) is 0.504. The zero-order valence-electron chi connectivity index (χ0n) is 19.2. The maximum atomic E-state index is 12.8. The SMILES string of the molecule is CC(C)C(=O)N1CCN(c2ccc(NC(=S)NC(=O)c3cccc4c(Cl)cccc34)cc2)CC1. The fraction of sp³-hybridized carbons (Fsp3) is 0.269. The molecule has 6 nitrogen and oxygen atoms in total. The van der Waals surface area contributed by atoms with Gasteiger partial charge < -0.3 is 15.1 Å². The maximum absolute atomic E-state index is 12.8. The molecule has 8 heteroatoms. The van der Waals surface area contributed by atoms with Crippen LogP contribution in [0.4, 0.5) is 11.4 Å². The maximum Gasteiger partial charge on any atom is 0.258 e. The molecule has 4 rings (SSSR count). The van der Waals surface area contributed by atoms with Gasteiger partial charge in [-0.05, 0) is 54.0 Å². The molecule has 176 valence electrons. The van der Waals surface area contributed by atoms with E-state index in [1.165, 1.54) is 0 Å². The fourth-order valence-corrected chi connectivity index (χ4v) is 4.56. The molecule has 3 aromatic rings. The zero-order valence-corrected chi connectivity index (χ0v) is 20.7. The Bertz CT molecular complexity index is 1220. The predicted molar refractivity (Wildman–Crippen MR) is 143 cm³/mol. The molecule has 2 amide bonds. The van der Waals surface area contributed by atoms with Crippen LogP contribution in [0.2, 0.25) is 5.02 Å². The Hall–Kier alpha value is -3.16. The average Bonchev–Trinajstić information content (AvgIpc) is 2.84. The van der Waals surface area contributed by atoms with E-state index in [9.17, 15) is 9.59 Å². The van der Waals surface area contributed by atoms with Crippen LogP contribution in [0.5, 0.6) is 0 Å². The number of thiocarbonyl (C=S) groups is 1. The van der Waals surface area contributed by atoms with Crippen molar-refractivity contribution >= 4 is 62.9 Å². The molecule has 0 aliphatic carbocycles. The second-order valence-corrected chi connectivity index (χ2v) is 9.38. The Kier molecular flexibility index (Phi) is 7.34. The van der Waals surface area contributed by atoms with E-state index in [0.29, 0.717) is 10.6 Å². The highest BCUT2D eigenvalue weighted by Gasteiger charge is 2.23. The molecule has 0 saturated carbocycles. The molecule has 34 heavy (non-hydrogen) atoms. The molecule has 0 aromatic heterocycles. The van der Waals surface area contributed by atoms with E-state index in [1.807, 2.05) is 61.2 Å². The summed E-state index contributed by atoms with van der Waals surface area (Å²) in [5, 5.41) is 8.23. The molecular formula is C26H27ClN4O2S. The first kappa shape index (κ1) is 24.0. The second-order valence-electron chi connectivity index (χ2n) is 8.56. The van der Waals surface area contributed by atoms with Crippen molar-refractivity contribution in [3.05, 3.63) is 71.2 Å². The summed E-state index contributed by atoms with van der Waals surface area (Å²) in [5.74, 6) is -0.0585. The number of anilines is 2. The lowest BCUT2D eigenvalue weighted by atomic mass is 10.0. The van der Waals surface area contributed by atoms with Crippen LogP contribution in [-0.4, -0.2) is 48.0 Å². The van der Waals surface area contributed by atoms with Crippen molar-refractivity contribution in [1.82, 2.24) is 10.2 Å². The monoisotopic (exact) mass is 494 g/mol. The molecular weight excluding hydrogens is 468 g/mol. The minimum Gasteiger partial charge on any atom is -0.368 e. The van der Waals surface area contributed by atoms with Crippen molar-refractivity contribution in [2.45, 2.75) is 13.8 Å². The van der Waals surface area contributed by atoms with Gasteiger partial charge in [-0.15, -0.1) is 0 Å². The lowest BCUT2D eigenvalue weighted by Gasteiger charge is -2.37. The van der Waals surface area contributed by atoms with Crippen LogP contribution in [0, 0.1) is 5.92 Å². The van der Waals surface area contributed by atoms with Gasteiger partial charge in [-0.1, -0.05) is 49.7 Å². The number of nitrogens with zero attached hydrogens (tertiary/aromatic N) is 2. The minimum absolute atomic E-state index is 0.0275. The Morgan fingerprint density at radius 1 is 0.912 bits per heavy atom. The molecule has 0 spiro atoms. The number of piperazine rings is 1. The minimum atomic E-state index is -0.296. The third-order valence-electron chi connectivity index (χ3n) is 5.92. The van der Waals surface area contributed by atoms with Crippen molar-refractivity contribution < 1.29 is 9.59 Å². The number of fused-ring (bicyclic) bond motifs is 1. The van der Waals surface area contributed by atoms with Crippen molar-refractivity contribution in [3.63, 3.8) is 0 Å². The van der Waals surface area contributed by atoms with Gasteiger partial charge in [0, 0.05) is 59.4 Å². The van der Waals surface area contributed by atoms with E-state index < -0.39 is 0 Å². The van der Waals surface area contributed by atoms with Gasteiger partial charge in [-0.2, -0.15) is 0 Å². The van der Waals surface area contributed by atoms with E-state index in [1.54, 1.807) is 18.2 Å². The topological polar surface area (TPSA) is 64.7 Å². The first-order valence-electron chi connectivity index (χ1n) is 11.3. The van der Waals surface area contributed by atoms with Crippen molar-refractivity contribution in [1.29, 1.82) is 0 Å². The lowest BCUT2D eigenvalue weighted by Crippen LogP contribution is -2.49. The lowest BCUT2D eigenvalue weighted by molar-refractivity contribution is -0.134. The third kappa shape index (κ3) is 5.32. The summed E-state index contributed by atoms with van der Waals surface area (Å²) in [6.45, 7) is 6.93. The van der Waals surface area contributed by atoms with Gasteiger partial charge in [0.25, 0.3) is 5.91 Å². The number of carbonyl (C=O) groups is 2. The number of halogens is 1. The number of benzene rings is 3. The molecule has 1 aliphatic heterocycles. The summed E-state index contributed by atoms with van der Waals surface area (Å²) in [7, 11) is 0. The Balaban J connectivity index is 1.34. The van der Waals surface area contributed by atoms with Crippen LogP contribution >= 0.6 is 23.8 Å². The highest BCUT2D eigenvalue weighted by atomic mass is 35.5. The number of nitrogens with one attached hydrogen (secondary N) is 2. The number of hydrogen-bond donors (Lipinski definition) is 2. The highest BCUT2D eigenvalue weighted by Crippen LogP contribution is 2.26. The smallest absolute Gasteiger partial charge is 0.258 e. The molecule has 2 N–H and O–H groups in total. The summed E-state index contributed by atoms with van der Waals surface area (Å²) in [4.78, 5) is 29.2. The van der Waals surface area contributed by atoms with Gasteiger partial charge in [0.1, 0.15) is 0 Å². The number of rotatable bonds is 4. The van der Waals surface area contributed by atoms with Crippen LogP contribution in [0.15, 0.2) is 60.7 Å². The van der Waals surface area contributed by atoms with E-state index >= 15 is 0 Å². The van der Waals surface area contributed by atoms with Gasteiger partial charge in [-0.3, -0.25) is 14.9 Å². The highest BCUT2D eigenvalue weighted by molar-refractivity contribution is 7.80. The Morgan fingerprint density at radius 3 is 2.24 bits per heavy atom. The van der Waals surface area contributed by atoms with Crippen molar-refractivity contribution in [2.24, 2.45) is 5.92 Å². The van der Waals surface area contributed by atoms with E-state index in [-0.39, 0.29) is 22.8 Å². The number of hydrogen-bond acceptors (Lipinski definition) is 4. The molecule has 1 heterocycles. The van der Waals surface area contributed by atoms with Gasteiger partial charge in [0.2, 0.25) is 5.91 Å². The zero-order chi connectivity index (χ0) is 24.2. The van der Waals surface area contributed by atoms with Crippen molar-refractivity contribution in [2.75, 3.05) is 36.4 Å². The standard InChI is InChI=1S/C26H27ClN4O2S/c1-17(2)25(33)31-15-13-30(14-16-31)19-11-9-18(10-12-19)28-26(34)29-24(32)22-7-3-6-21-20(22)5-4-8-23(21)27/h3-12,17H,13-16H2,1-2H3,(H2,28,29,32,34). The van der Waals surface area contributed by atoms with Gasteiger partial charge in [-0.25, -0.2) is 0 Å². The molecule has 0 unspecified atom stereocenters. The molecule has 0 atom stereocenters. The van der Waals surface area contributed by atoms with Crippen LogP contribution in [0.25, 0.3) is 10.8 Å². The molecule has 1 saturated heterocycles. The van der Waals surface area contributed by atoms with Gasteiger partial charge in [0.15, 0.2) is 5.11 Å². The van der Waals surface area contributed by atoms with E-state index in [0.717, 1.165) is 48.3 Å². The second kappa shape index (κ2) is 10.4. The predicted octanol–water partition coefficient (Wildman–Crippen LogP) is 4.92. The number of carbonyl (C=O) groups excluding carboxylic acids is 2. The normalized spacial score (nSPS) is 13.8. The average molecular weight is 495 g/mol. The van der Waals surface area contributed by atoms with Gasteiger partial charge >= 0.3 is 0 Å². The van der Waals surface area contributed by atoms with Crippen LogP contribution in [0.3, 0.4) is 0 Å². The molecule has 0 radical (unpaired) electrons. The summed E-state index contributed by atoms with van der Waals surface area (Å²) >= 11 is 11.6. The summed E-state index contributed by atoms with van der Waals surface area (Å²) in [6, 6.07) is 18.8. The van der Waals surface area contributed by atoms with E-state index in [2.05, 4.69) is 15.5 Å². The molecule has 1 fully saturated rings. The van der Waals surface area contributed by atoms with E-state index in [4.69, 9.17) is 23.8 Å². The number of amides is 2. The summed E-state index contributed by atoms with van der Waals surface area (Å²) < 4.78 is 0. The van der Waals surface area contributed by atoms with Crippen LogP contribution < -0.4 is 15.5 Å². The Morgan fingerprint density at radius 2 is 1.56 bits per heavy atom. The van der Waals surface area contributed by atoms with Crippen molar-refractivity contribution in [3.8, 4) is 0 Å². The summed E-state index contributed by atoms with van der Waals surface area (Å²) in [6.07, 6.45) is 0.